The van der Waals surface area contributed by atoms with Crippen LogP contribution in [-0.4, -0.2) is 16.1 Å². The van der Waals surface area contributed by atoms with Gasteiger partial charge in [-0.15, -0.1) is 5.10 Å². The summed E-state index contributed by atoms with van der Waals surface area (Å²) in [7, 11) is 0. The molecule has 0 saturated carbocycles. The molecule has 0 atom stereocenters. The van der Waals surface area contributed by atoms with Crippen LogP contribution in [0.25, 0.3) is 0 Å². The van der Waals surface area contributed by atoms with Gasteiger partial charge in [-0.25, -0.2) is 0 Å². The number of aromatic nitrogens is 2. The van der Waals surface area contributed by atoms with Crippen molar-refractivity contribution in [1.82, 2.24) is 9.59 Å². The third-order valence-electron chi connectivity index (χ3n) is 2.49. The minimum Gasteiger partial charge on any atom is -0.487 e. The maximum absolute atomic E-state index is 5.69. The molecule has 2 aromatic rings. The molecule has 2 rings (SSSR count). The van der Waals surface area contributed by atoms with Gasteiger partial charge in [0.1, 0.15) is 23.1 Å². The second-order valence-corrected chi connectivity index (χ2v) is 4.83. The van der Waals surface area contributed by atoms with Crippen molar-refractivity contribution in [3.63, 3.8) is 0 Å². The molecule has 18 heavy (non-hydrogen) atoms. The van der Waals surface area contributed by atoms with Gasteiger partial charge in [-0.1, -0.05) is 29.1 Å². The molecule has 0 aliphatic carbocycles. The Morgan fingerprint density at radius 2 is 2.06 bits per heavy atom. The molecule has 96 valence electrons. The molecule has 4 nitrogen and oxygen atoms in total. The number of nitrogens with zero attached hydrogens (tertiary/aromatic N) is 2. The van der Waals surface area contributed by atoms with Gasteiger partial charge in [0.15, 0.2) is 0 Å². The van der Waals surface area contributed by atoms with Crippen molar-refractivity contribution in [2.24, 2.45) is 0 Å². The first kappa shape index (κ1) is 12.8. The van der Waals surface area contributed by atoms with Crippen molar-refractivity contribution in [3.8, 4) is 5.75 Å². The Bertz CT molecular complexity index is 481. The summed E-state index contributed by atoms with van der Waals surface area (Å²) in [6, 6.07) is 8.00. The van der Waals surface area contributed by atoms with Crippen LogP contribution in [0.5, 0.6) is 5.75 Å². The Hall–Kier alpha value is -1.62. The normalized spacial score (nSPS) is 10.3. The van der Waals surface area contributed by atoms with Gasteiger partial charge >= 0.3 is 0 Å². The predicted molar refractivity (Wildman–Crippen MR) is 74.2 cm³/mol. The molecule has 1 aromatic carbocycles. The molecule has 0 saturated heterocycles. The van der Waals surface area contributed by atoms with Gasteiger partial charge in [-0.05, 0) is 25.5 Å². The zero-order valence-electron chi connectivity index (χ0n) is 10.6. The lowest BCUT2D eigenvalue weighted by molar-refractivity contribution is 0.301. The fraction of sp³-hybridized carbons (Fsp3) is 0.385. The molecule has 1 N–H and O–H groups in total. The molecule has 0 spiro atoms. The first-order valence-corrected chi connectivity index (χ1v) is 6.81. The van der Waals surface area contributed by atoms with Crippen molar-refractivity contribution in [3.05, 3.63) is 35.5 Å². The lowest BCUT2D eigenvalue weighted by Crippen LogP contribution is -2.03. The standard InChI is InChI=1S/C13H17N3OS/c1-3-8-14-13-12(15-16-18-13)9-17-11-6-4-10(2)5-7-11/h4-7,14H,3,8-9H2,1-2H3. The van der Waals surface area contributed by atoms with E-state index in [1.54, 1.807) is 0 Å². The van der Waals surface area contributed by atoms with Gasteiger partial charge < -0.3 is 10.1 Å². The van der Waals surface area contributed by atoms with E-state index < -0.39 is 0 Å². The molecular weight excluding hydrogens is 246 g/mol. The van der Waals surface area contributed by atoms with Crippen molar-refractivity contribution >= 4 is 16.5 Å². The molecule has 0 unspecified atom stereocenters. The van der Waals surface area contributed by atoms with E-state index in [0.29, 0.717) is 6.61 Å². The van der Waals surface area contributed by atoms with Crippen LogP contribution < -0.4 is 10.1 Å². The highest BCUT2D eigenvalue weighted by Gasteiger charge is 2.07. The fourth-order valence-corrected chi connectivity index (χ4v) is 2.05. The first-order valence-electron chi connectivity index (χ1n) is 6.04. The zero-order valence-corrected chi connectivity index (χ0v) is 11.5. The van der Waals surface area contributed by atoms with Crippen LogP contribution in [0.3, 0.4) is 0 Å². The molecular formula is C13H17N3OS. The van der Waals surface area contributed by atoms with E-state index in [4.69, 9.17) is 4.74 Å². The average Bonchev–Trinajstić information content (AvgIpc) is 2.83. The lowest BCUT2D eigenvalue weighted by Gasteiger charge is -2.06. The topological polar surface area (TPSA) is 47.0 Å². The summed E-state index contributed by atoms with van der Waals surface area (Å²) in [5.74, 6) is 0.857. The van der Waals surface area contributed by atoms with E-state index in [2.05, 4.69) is 28.8 Å². The maximum atomic E-state index is 5.69. The minimum atomic E-state index is 0.450. The van der Waals surface area contributed by atoms with Crippen LogP contribution in [0.15, 0.2) is 24.3 Å². The third kappa shape index (κ3) is 3.43. The van der Waals surface area contributed by atoms with E-state index in [-0.39, 0.29) is 0 Å². The quantitative estimate of drug-likeness (QED) is 0.869. The summed E-state index contributed by atoms with van der Waals surface area (Å²) >= 11 is 1.37. The molecule has 5 heteroatoms. The molecule has 1 aromatic heterocycles. The molecule has 1 heterocycles. The average molecular weight is 263 g/mol. The molecule has 0 aliphatic rings. The Morgan fingerprint density at radius 1 is 1.28 bits per heavy atom. The smallest absolute Gasteiger partial charge is 0.136 e. The van der Waals surface area contributed by atoms with Crippen molar-refractivity contribution in [1.29, 1.82) is 0 Å². The number of hydrogen-bond donors (Lipinski definition) is 1. The van der Waals surface area contributed by atoms with Crippen LogP contribution in [0.1, 0.15) is 24.6 Å². The van der Waals surface area contributed by atoms with Crippen molar-refractivity contribution in [2.75, 3.05) is 11.9 Å². The second-order valence-electron chi connectivity index (χ2n) is 4.08. The molecule has 0 bridgehead atoms. The van der Waals surface area contributed by atoms with E-state index in [9.17, 15) is 0 Å². The molecule has 0 radical (unpaired) electrons. The van der Waals surface area contributed by atoms with E-state index in [0.717, 1.165) is 29.4 Å². The van der Waals surface area contributed by atoms with Crippen molar-refractivity contribution < 1.29 is 4.74 Å². The maximum Gasteiger partial charge on any atom is 0.136 e. The SMILES string of the molecule is CCCNc1snnc1COc1ccc(C)cc1. The number of hydrogen-bond acceptors (Lipinski definition) is 5. The number of anilines is 1. The third-order valence-corrected chi connectivity index (χ3v) is 3.21. The predicted octanol–water partition coefficient (Wildman–Crippen LogP) is 3.25. The summed E-state index contributed by atoms with van der Waals surface area (Å²) in [6.45, 7) is 5.57. The molecule has 0 fully saturated rings. The lowest BCUT2D eigenvalue weighted by atomic mass is 10.2. The van der Waals surface area contributed by atoms with Crippen LogP contribution in [0.2, 0.25) is 0 Å². The Labute approximate surface area is 111 Å². The Kier molecular flexibility index (Phi) is 4.52. The van der Waals surface area contributed by atoms with Crippen LogP contribution in [-0.2, 0) is 6.61 Å². The largest absolute Gasteiger partial charge is 0.487 e. The van der Waals surface area contributed by atoms with E-state index >= 15 is 0 Å². The highest BCUT2D eigenvalue weighted by atomic mass is 32.1. The Balaban J connectivity index is 1.93. The Morgan fingerprint density at radius 3 is 2.78 bits per heavy atom. The van der Waals surface area contributed by atoms with Crippen LogP contribution >= 0.6 is 11.5 Å². The molecule has 0 aliphatic heterocycles. The minimum absolute atomic E-state index is 0.450. The number of ether oxygens (including phenoxy) is 1. The van der Waals surface area contributed by atoms with Gasteiger partial charge in [0.2, 0.25) is 0 Å². The summed E-state index contributed by atoms with van der Waals surface area (Å²) in [5, 5.41) is 8.39. The van der Waals surface area contributed by atoms with Gasteiger partial charge in [0.05, 0.1) is 0 Å². The number of rotatable bonds is 6. The molecule has 0 amide bonds. The first-order chi connectivity index (χ1) is 8.79. The van der Waals surface area contributed by atoms with E-state index in [1.165, 1.54) is 17.1 Å². The summed E-state index contributed by atoms with van der Waals surface area (Å²) in [6.07, 6.45) is 1.08. The summed E-state index contributed by atoms with van der Waals surface area (Å²) in [5.41, 5.74) is 2.09. The monoisotopic (exact) mass is 263 g/mol. The van der Waals surface area contributed by atoms with E-state index in [1.807, 2.05) is 24.3 Å². The van der Waals surface area contributed by atoms with Crippen molar-refractivity contribution in [2.45, 2.75) is 26.9 Å². The van der Waals surface area contributed by atoms with Crippen LogP contribution in [0.4, 0.5) is 5.00 Å². The number of aryl methyl sites for hydroxylation is 1. The van der Waals surface area contributed by atoms with Gasteiger partial charge in [0, 0.05) is 18.1 Å². The van der Waals surface area contributed by atoms with Gasteiger partial charge in [0.25, 0.3) is 0 Å². The highest BCUT2D eigenvalue weighted by molar-refractivity contribution is 7.10. The summed E-state index contributed by atoms with van der Waals surface area (Å²) < 4.78 is 9.64. The fourth-order valence-electron chi connectivity index (χ4n) is 1.46. The second kappa shape index (κ2) is 6.35. The highest BCUT2D eigenvalue weighted by Crippen LogP contribution is 2.20. The van der Waals surface area contributed by atoms with Gasteiger partial charge in [-0.2, -0.15) is 0 Å². The number of benzene rings is 1. The van der Waals surface area contributed by atoms with Crippen LogP contribution in [0, 0.1) is 6.92 Å². The summed E-state index contributed by atoms with van der Waals surface area (Å²) in [4.78, 5) is 0. The zero-order chi connectivity index (χ0) is 12.8. The van der Waals surface area contributed by atoms with Gasteiger partial charge in [-0.3, -0.25) is 0 Å². The number of nitrogens with one attached hydrogen (secondary N) is 1.